The van der Waals surface area contributed by atoms with Crippen molar-refractivity contribution in [1.29, 1.82) is 0 Å². The Labute approximate surface area is 104 Å². The van der Waals surface area contributed by atoms with Crippen LogP contribution in [0, 0.1) is 5.82 Å². The first-order valence-corrected chi connectivity index (χ1v) is 5.45. The van der Waals surface area contributed by atoms with Gasteiger partial charge in [0.15, 0.2) is 0 Å². The third kappa shape index (κ3) is 4.04. The highest BCUT2D eigenvalue weighted by atomic mass is 19.1. The summed E-state index contributed by atoms with van der Waals surface area (Å²) in [6.07, 6.45) is 0. The highest BCUT2D eigenvalue weighted by Crippen LogP contribution is 2.09. The van der Waals surface area contributed by atoms with Crippen LogP contribution in [-0.2, 0) is 9.59 Å². The number of hydrogen-bond acceptors (Lipinski definition) is 3. The summed E-state index contributed by atoms with van der Waals surface area (Å²) in [6.45, 7) is 2.97. The fourth-order valence-electron chi connectivity index (χ4n) is 1.26. The molecule has 0 saturated carbocycles. The summed E-state index contributed by atoms with van der Waals surface area (Å²) in [5.74, 6) is -1.90. The average molecular weight is 254 g/mol. The number of hydrogen-bond donors (Lipinski definition) is 3. The number of halogens is 1. The first kappa shape index (κ1) is 14.0. The number of carboxylic acids is 1. The maximum Gasteiger partial charge on any atom is 0.325 e. The van der Waals surface area contributed by atoms with Crippen LogP contribution in [0.4, 0.5) is 10.1 Å². The van der Waals surface area contributed by atoms with Crippen LogP contribution in [0.15, 0.2) is 24.3 Å². The zero-order chi connectivity index (χ0) is 13.7. The van der Waals surface area contributed by atoms with Crippen molar-refractivity contribution >= 4 is 17.6 Å². The summed E-state index contributed by atoms with van der Waals surface area (Å²) in [4.78, 5) is 22.2. The van der Waals surface area contributed by atoms with Crippen LogP contribution in [0.2, 0.25) is 0 Å². The molecule has 0 aromatic heterocycles. The minimum Gasteiger partial charge on any atom is -0.480 e. The maximum absolute atomic E-state index is 12.7. The SMILES string of the molecule is C[C@H](NC(=O)[C@H](C)Nc1ccc(F)cc1)C(=O)O. The molecule has 3 N–H and O–H groups in total. The van der Waals surface area contributed by atoms with E-state index in [2.05, 4.69) is 10.6 Å². The second kappa shape index (κ2) is 6.00. The first-order valence-electron chi connectivity index (χ1n) is 5.45. The number of carboxylic acid groups (broad SMARTS) is 1. The average Bonchev–Trinajstić information content (AvgIpc) is 2.31. The summed E-state index contributed by atoms with van der Waals surface area (Å²) >= 11 is 0. The largest absolute Gasteiger partial charge is 0.480 e. The summed E-state index contributed by atoms with van der Waals surface area (Å²) in [5.41, 5.74) is 0.585. The molecule has 0 unspecified atom stereocenters. The van der Waals surface area contributed by atoms with E-state index >= 15 is 0 Å². The van der Waals surface area contributed by atoms with E-state index in [-0.39, 0.29) is 5.82 Å². The lowest BCUT2D eigenvalue weighted by Gasteiger charge is -2.17. The van der Waals surface area contributed by atoms with Gasteiger partial charge in [-0.2, -0.15) is 0 Å². The summed E-state index contributed by atoms with van der Waals surface area (Å²) in [7, 11) is 0. The molecule has 98 valence electrons. The molecule has 1 aromatic rings. The van der Waals surface area contributed by atoms with E-state index in [0.717, 1.165) is 0 Å². The molecule has 0 aliphatic rings. The Bertz CT molecular complexity index is 433. The number of carbonyl (C=O) groups is 2. The lowest BCUT2D eigenvalue weighted by molar-refractivity contribution is -0.141. The summed E-state index contributed by atoms with van der Waals surface area (Å²) < 4.78 is 12.7. The number of carbonyl (C=O) groups excluding carboxylic acids is 1. The predicted molar refractivity (Wildman–Crippen MR) is 64.7 cm³/mol. The standard InChI is InChI=1S/C12H15FN2O3/c1-7(11(16)15-8(2)12(17)18)14-10-5-3-9(13)4-6-10/h3-8,14H,1-2H3,(H,15,16)(H,17,18)/t7-,8-/m0/s1. The van der Waals surface area contributed by atoms with E-state index in [1.54, 1.807) is 6.92 Å². The van der Waals surface area contributed by atoms with Gasteiger partial charge in [-0.1, -0.05) is 0 Å². The number of rotatable bonds is 5. The molecule has 0 bridgehead atoms. The van der Waals surface area contributed by atoms with E-state index in [0.29, 0.717) is 5.69 Å². The molecule has 0 spiro atoms. The van der Waals surface area contributed by atoms with Crippen LogP contribution in [0.25, 0.3) is 0 Å². The Hall–Kier alpha value is -2.11. The van der Waals surface area contributed by atoms with E-state index in [4.69, 9.17) is 5.11 Å². The van der Waals surface area contributed by atoms with Gasteiger partial charge in [-0.3, -0.25) is 9.59 Å². The first-order chi connectivity index (χ1) is 8.40. The fourth-order valence-corrected chi connectivity index (χ4v) is 1.26. The van der Waals surface area contributed by atoms with Gasteiger partial charge in [0, 0.05) is 5.69 Å². The van der Waals surface area contributed by atoms with Gasteiger partial charge in [-0.05, 0) is 38.1 Å². The van der Waals surface area contributed by atoms with Gasteiger partial charge in [0.25, 0.3) is 0 Å². The maximum atomic E-state index is 12.7. The number of aliphatic carboxylic acids is 1. The molecule has 2 atom stereocenters. The topological polar surface area (TPSA) is 78.4 Å². The number of benzene rings is 1. The van der Waals surface area contributed by atoms with Crippen molar-refractivity contribution < 1.29 is 19.1 Å². The third-order valence-electron chi connectivity index (χ3n) is 2.35. The van der Waals surface area contributed by atoms with Gasteiger partial charge in [-0.15, -0.1) is 0 Å². The molecule has 0 aliphatic carbocycles. The molecular weight excluding hydrogens is 239 g/mol. The molecule has 0 saturated heterocycles. The van der Waals surface area contributed by atoms with E-state index < -0.39 is 24.0 Å². The third-order valence-corrected chi connectivity index (χ3v) is 2.35. The van der Waals surface area contributed by atoms with Crippen molar-refractivity contribution in [3.63, 3.8) is 0 Å². The Morgan fingerprint density at radius 1 is 1.17 bits per heavy atom. The lowest BCUT2D eigenvalue weighted by Crippen LogP contribution is -2.45. The number of amides is 1. The fraction of sp³-hybridized carbons (Fsp3) is 0.333. The second-order valence-corrected chi connectivity index (χ2v) is 3.94. The molecular formula is C12H15FN2O3. The highest BCUT2D eigenvalue weighted by Gasteiger charge is 2.18. The molecule has 1 amide bonds. The number of anilines is 1. The van der Waals surface area contributed by atoms with Gasteiger partial charge >= 0.3 is 5.97 Å². The quantitative estimate of drug-likeness (QED) is 0.738. The van der Waals surface area contributed by atoms with Crippen molar-refractivity contribution in [2.24, 2.45) is 0 Å². The second-order valence-electron chi connectivity index (χ2n) is 3.94. The van der Waals surface area contributed by atoms with Crippen LogP contribution < -0.4 is 10.6 Å². The molecule has 0 aliphatic heterocycles. The minimum atomic E-state index is -1.10. The van der Waals surface area contributed by atoms with Gasteiger partial charge < -0.3 is 15.7 Å². The van der Waals surface area contributed by atoms with Crippen LogP contribution in [0.3, 0.4) is 0 Å². The minimum absolute atomic E-state index is 0.364. The van der Waals surface area contributed by atoms with Gasteiger partial charge in [0.1, 0.15) is 17.9 Å². The monoisotopic (exact) mass is 254 g/mol. The molecule has 0 fully saturated rings. The van der Waals surface area contributed by atoms with Crippen molar-refractivity contribution in [2.75, 3.05) is 5.32 Å². The molecule has 0 radical (unpaired) electrons. The Morgan fingerprint density at radius 3 is 2.22 bits per heavy atom. The van der Waals surface area contributed by atoms with Crippen molar-refractivity contribution in [2.45, 2.75) is 25.9 Å². The van der Waals surface area contributed by atoms with E-state index in [1.807, 2.05) is 0 Å². The molecule has 1 rings (SSSR count). The van der Waals surface area contributed by atoms with Gasteiger partial charge in [0.05, 0.1) is 0 Å². The lowest BCUT2D eigenvalue weighted by atomic mass is 10.2. The Kier molecular flexibility index (Phi) is 4.65. The van der Waals surface area contributed by atoms with Crippen LogP contribution >= 0.6 is 0 Å². The molecule has 6 heteroatoms. The highest BCUT2D eigenvalue weighted by molar-refractivity contribution is 5.88. The predicted octanol–water partition coefficient (Wildman–Crippen LogP) is 1.22. The summed E-state index contributed by atoms with van der Waals surface area (Å²) in [5, 5.41) is 13.8. The Balaban J connectivity index is 2.54. The van der Waals surface area contributed by atoms with Crippen molar-refractivity contribution in [1.82, 2.24) is 5.32 Å². The smallest absolute Gasteiger partial charge is 0.325 e. The van der Waals surface area contributed by atoms with Crippen LogP contribution in [0.5, 0.6) is 0 Å². The number of nitrogens with one attached hydrogen (secondary N) is 2. The van der Waals surface area contributed by atoms with Crippen LogP contribution in [-0.4, -0.2) is 29.1 Å². The zero-order valence-electron chi connectivity index (χ0n) is 10.1. The van der Waals surface area contributed by atoms with Gasteiger partial charge in [-0.25, -0.2) is 4.39 Å². The van der Waals surface area contributed by atoms with Gasteiger partial charge in [0.2, 0.25) is 5.91 Å². The van der Waals surface area contributed by atoms with E-state index in [9.17, 15) is 14.0 Å². The van der Waals surface area contributed by atoms with Crippen molar-refractivity contribution in [3.8, 4) is 0 Å². The molecule has 18 heavy (non-hydrogen) atoms. The molecule has 0 heterocycles. The zero-order valence-corrected chi connectivity index (χ0v) is 10.1. The van der Waals surface area contributed by atoms with Crippen molar-refractivity contribution in [3.05, 3.63) is 30.1 Å². The van der Waals surface area contributed by atoms with E-state index in [1.165, 1.54) is 31.2 Å². The Morgan fingerprint density at radius 2 is 1.72 bits per heavy atom. The molecule has 5 nitrogen and oxygen atoms in total. The normalized spacial score (nSPS) is 13.5. The summed E-state index contributed by atoms with van der Waals surface area (Å²) in [6, 6.07) is 3.98. The molecule has 1 aromatic carbocycles. The van der Waals surface area contributed by atoms with Crippen LogP contribution in [0.1, 0.15) is 13.8 Å².